The van der Waals surface area contributed by atoms with Crippen molar-refractivity contribution in [3.05, 3.63) is 64.2 Å². The van der Waals surface area contributed by atoms with Gasteiger partial charge in [-0.3, -0.25) is 30.6 Å². The number of nitrogens with zero attached hydrogens (tertiary/aromatic N) is 1. The van der Waals surface area contributed by atoms with Crippen molar-refractivity contribution in [1.82, 2.24) is 10.7 Å². The quantitative estimate of drug-likeness (QED) is 0.489. The lowest BCUT2D eigenvalue weighted by Gasteiger charge is -2.11. The van der Waals surface area contributed by atoms with Crippen LogP contribution in [0.2, 0.25) is 0 Å². The minimum absolute atomic E-state index is 0.138. The number of hydrogen-bond donors (Lipinski definition) is 3. The van der Waals surface area contributed by atoms with E-state index in [-0.39, 0.29) is 17.9 Å². The lowest BCUT2D eigenvalue weighted by Crippen LogP contribution is -2.39. The smallest absolute Gasteiger partial charge is 0.294 e. The van der Waals surface area contributed by atoms with Crippen molar-refractivity contribution in [1.29, 1.82) is 0 Å². The third-order valence-corrected chi connectivity index (χ3v) is 3.28. The molecule has 0 aliphatic carbocycles. The van der Waals surface area contributed by atoms with Crippen molar-refractivity contribution in [3.63, 3.8) is 0 Å². The molecule has 0 aliphatic heterocycles. The van der Waals surface area contributed by atoms with Crippen LogP contribution in [-0.2, 0) is 4.79 Å². The molecule has 0 atom stereocenters. The first-order valence-electron chi connectivity index (χ1n) is 7.81. The van der Waals surface area contributed by atoms with Gasteiger partial charge in [-0.25, -0.2) is 0 Å². The van der Waals surface area contributed by atoms with Gasteiger partial charge in [0.05, 0.1) is 23.6 Å². The Bertz CT molecular complexity index is 809. The van der Waals surface area contributed by atoms with Crippen molar-refractivity contribution in [2.75, 3.05) is 18.6 Å². The molecule has 26 heavy (non-hydrogen) atoms. The molecule has 2 aromatic rings. The van der Waals surface area contributed by atoms with E-state index in [2.05, 4.69) is 16.2 Å². The van der Waals surface area contributed by atoms with Crippen LogP contribution in [0.15, 0.2) is 48.5 Å². The van der Waals surface area contributed by atoms with Crippen molar-refractivity contribution in [2.45, 2.75) is 6.92 Å². The molecule has 0 unspecified atom stereocenters. The number of nitrogens with one attached hydrogen (secondary N) is 3. The van der Waals surface area contributed by atoms with Crippen LogP contribution >= 0.6 is 0 Å². The normalized spacial score (nSPS) is 9.88. The van der Waals surface area contributed by atoms with Gasteiger partial charge in [-0.1, -0.05) is 24.3 Å². The summed E-state index contributed by atoms with van der Waals surface area (Å²) in [6.07, 6.45) is 0. The van der Waals surface area contributed by atoms with Crippen LogP contribution in [0.5, 0.6) is 5.75 Å². The van der Waals surface area contributed by atoms with Crippen LogP contribution in [0.3, 0.4) is 0 Å². The molecular weight excluding hydrogens is 340 g/mol. The fourth-order valence-electron chi connectivity index (χ4n) is 2.11. The summed E-state index contributed by atoms with van der Waals surface area (Å²) in [6.45, 7) is 1.90. The van der Waals surface area contributed by atoms with Crippen molar-refractivity contribution < 1.29 is 19.2 Å². The molecule has 0 bridgehead atoms. The first kappa shape index (κ1) is 18.7. The van der Waals surface area contributed by atoms with Crippen molar-refractivity contribution >= 4 is 23.2 Å². The maximum Gasteiger partial charge on any atom is 0.294 e. The zero-order valence-corrected chi connectivity index (χ0v) is 14.0. The summed E-state index contributed by atoms with van der Waals surface area (Å²) in [5.41, 5.74) is 5.05. The van der Waals surface area contributed by atoms with Gasteiger partial charge in [-0.2, -0.15) is 0 Å². The summed E-state index contributed by atoms with van der Waals surface area (Å²) >= 11 is 0. The minimum atomic E-state index is -0.569. The molecule has 0 saturated carbocycles. The summed E-state index contributed by atoms with van der Waals surface area (Å²) < 4.78 is 5.37. The molecule has 0 aromatic heterocycles. The Hall–Kier alpha value is -3.62. The van der Waals surface area contributed by atoms with Crippen LogP contribution in [0.1, 0.15) is 17.3 Å². The summed E-state index contributed by atoms with van der Waals surface area (Å²) in [5, 5.41) is 13.4. The fourth-order valence-corrected chi connectivity index (χ4v) is 2.11. The second-order valence-corrected chi connectivity index (χ2v) is 5.06. The summed E-state index contributed by atoms with van der Waals surface area (Å²) in [7, 11) is 0. The number of para-hydroxylation sites is 3. The van der Waals surface area contributed by atoms with Crippen molar-refractivity contribution in [2.24, 2.45) is 0 Å². The SMILES string of the molecule is CCOc1ccccc1C(=O)NCC(=O)NNc1ccccc1[N+](=O)[O-]. The van der Waals surface area contributed by atoms with Crippen LogP contribution in [-0.4, -0.2) is 29.9 Å². The largest absolute Gasteiger partial charge is 0.493 e. The Morgan fingerprint density at radius 1 is 1.12 bits per heavy atom. The predicted molar refractivity (Wildman–Crippen MR) is 94.8 cm³/mol. The molecule has 9 nitrogen and oxygen atoms in total. The molecule has 2 aromatic carbocycles. The molecule has 0 aliphatic rings. The Kier molecular flexibility index (Phi) is 6.49. The molecular formula is C17H18N4O5. The number of nitro groups is 1. The summed E-state index contributed by atoms with van der Waals surface area (Å²) in [5.74, 6) is -0.605. The van der Waals surface area contributed by atoms with Gasteiger partial charge in [0.2, 0.25) is 0 Å². The van der Waals surface area contributed by atoms with Crippen molar-refractivity contribution in [3.8, 4) is 5.75 Å². The van der Waals surface area contributed by atoms with Gasteiger partial charge >= 0.3 is 0 Å². The van der Waals surface area contributed by atoms with E-state index < -0.39 is 16.7 Å². The molecule has 0 fully saturated rings. The van der Waals surface area contributed by atoms with E-state index in [0.29, 0.717) is 17.9 Å². The van der Waals surface area contributed by atoms with E-state index in [1.165, 1.54) is 18.2 Å². The monoisotopic (exact) mass is 358 g/mol. The second-order valence-electron chi connectivity index (χ2n) is 5.06. The van der Waals surface area contributed by atoms with Gasteiger partial charge in [0.15, 0.2) is 0 Å². The van der Waals surface area contributed by atoms with Crippen LogP contribution in [0.25, 0.3) is 0 Å². The number of carbonyl (C=O) groups excluding carboxylic acids is 2. The maximum absolute atomic E-state index is 12.2. The lowest BCUT2D eigenvalue weighted by molar-refractivity contribution is -0.384. The average Bonchev–Trinajstić information content (AvgIpc) is 2.65. The van der Waals surface area contributed by atoms with E-state index in [4.69, 9.17) is 4.74 Å². The highest BCUT2D eigenvalue weighted by atomic mass is 16.6. The lowest BCUT2D eigenvalue weighted by atomic mass is 10.2. The third-order valence-electron chi connectivity index (χ3n) is 3.28. The first-order valence-corrected chi connectivity index (χ1v) is 7.81. The third kappa shape index (κ3) is 4.94. The number of hydrogen-bond acceptors (Lipinski definition) is 6. The Labute approximate surface area is 149 Å². The molecule has 136 valence electrons. The van der Waals surface area contributed by atoms with E-state index >= 15 is 0 Å². The van der Waals surface area contributed by atoms with Gasteiger partial charge < -0.3 is 10.1 Å². The van der Waals surface area contributed by atoms with Gasteiger partial charge in [0.25, 0.3) is 17.5 Å². The van der Waals surface area contributed by atoms with E-state index in [9.17, 15) is 19.7 Å². The van der Waals surface area contributed by atoms with E-state index in [1.54, 1.807) is 37.3 Å². The molecule has 0 spiro atoms. The number of ether oxygens (including phenoxy) is 1. The van der Waals surface area contributed by atoms with Gasteiger partial charge in [0, 0.05) is 6.07 Å². The Morgan fingerprint density at radius 2 is 1.81 bits per heavy atom. The fraction of sp³-hybridized carbons (Fsp3) is 0.176. The number of carbonyl (C=O) groups is 2. The molecule has 0 heterocycles. The zero-order chi connectivity index (χ0) is 18.9. The van der Waals surface area contributed by atoms with Crippen LogP contribution in [0, 0.1) is 10.1 Å². The molecule has 0 radical (unpaired) electrons. The highest BCUT2D eigenvalue weighted by Crippen LogP contribution is 2.22. The Morgan fingerprint density at radius 3 is 2.54 bits per heavy atom. The van der Waals surface area contributed by atoms with E-state index in [0.717, 1.165) is 0 Å². The average molecular weight is 358 g/mol. The summed E-state index contributed by atoms with van der Waals surface area (Å²) in [4.78, 5) is 34.4. The standard InChI is InChI=1S/C17H18N4O5/c1-2-26-15-10-6-3-7-12(15)17(23)18-11-16(22)20-19-13-8-4-5-9-14(13)21(24)25/h3-10,19H,2,11H2,1H3,(H,18,23)(H,20,22). The molecule has 2 rings (SSSR count). The molecule has 0 saturated heterocycles. The number of rotatable bonds is 8. The number of anilines is 1. The van der Waals surface area contributed by atoms with Crippen LogP contribution in [0.4, 0.5) is 11.4 Å². The minimum Gasteiger partial charge on any atom is -0.493 e. The number of hydrazine groups is 1. The summed E-state index contributed by atoms with van der Waals surface area (Å²) in [6, 6.07) is 12.5. The Balaban J connectivity index is 1.90. The van der Waals surface area contributed by atoms with Crippen LogP contribution < -0.4 is 20.9 Å². The molecule has 3 N–H and O–H groups in total. The van der Waals surface area contributed by atoms with E-state index in [1.807, 2.05) is 0 Å². The second kappa shape index (κ2) is 9.02. The number of amides is 2. The maximum atomic E-state index is 12.2. The number of nitro benzene ring substituents is 1. The topological polar surface area (TPSA) is 123 Å². The highest BCUT2D eigenvalue weighted by molar-refractivity contribution is 5.98. The molecule has 9 heteroatoms. The number of benzene rings is 2. The highest BCUT2D eigenvalue weighted by Gasteiger charge is 2.15. The van der Waals surface area contributed by atoms with Gasteiger partial charge in [0.1, 0.15) is 11.4 Å². The predicted octanol–water partition coefficient (Wildman–Crippen LogP) is 1.87. The zero-order valence-electron chi connectivity index (χ0n) is 14.0. The first-order chi connectivity index (χ1) is 12.5. The molecule has 2 amide bonds. The van der Waals surface area contributed by atoms with Gasteiger partial charge in [-0.15, -0.1) is 0 Å². The van der Waals surface area contributed by atoms with Gasteiger partial charge in [-0.05, 0) is 25.1 Å².